The molecular weight excluding hydrogens is 588 g/mol. The first-order chi connectivity index (χ1) is 22.8. The Kier molecular flexibility index (Phi) is 8.67. The maximum Gasteiger partial charge on any atom is 0.295 e. The summed E-state index contributed by atoms with van der Waals surface area (Å²) in [6, 6.07) is 36.4. The summed E-state index contributed by atoms with van der Waals surface area (Å²) in [5.41, 5.74) is 5.60. The standard InChI is InChI=1S/C38H32N6O3/c1-26-17-19-28(20-18-26)25-47-34-16-10-11-29(22-34)36-31(24-43(41-36)32-12-6-4-7-13-32)21-30(23-39)37(45)40-35-27(2)42(3)44(38(35)46)33-14-8-5-9-15-33/h4-22,24H,25H2,1-3H3,(H,40,45). The van der Waals surface area contributed by atoms with E-state index in [0.29, 0.717) is 35.0 Å². The number of anilines is 1. The molecule has 6 aromatic rings. The van der Waals surface area contributed by atoms with Crippen molar-refractivity contribution < 1.29 is 9.53 Å². The van der Waals surface area contributed by atoms with Gasteiger partial charge in [-0.2, -0.15) is 10.4 Å². The molecule has 1 amide bonds. The molecule has 0 fully saturated rings. The van der Waals surface area contributed by atoms with Crippen LogP contribution in [0.5, 0.6) is 5.75 Å². The lowest BCUT2D eigenvalue weighted by molar-refractivity contribution is -0.112. The van der Waals surface area contributed by atoms with Crippen LogP contribution in [0.1, 0.15) is 22.4 Å². The minimum atomic E-state index is -0.702. The number of carbonyl (C=O) groups excluding carboxylic acids is 1. The van der Waals surface area contributed by atoms with Gasteiger partial charge in [0.2, 0.25) is 0 Å². The van der Waals surface area contributed by atoms with Crippen LogP contribution in [-0.4, -0.2) is 25.1 Å². The van der Waals surface area contributed by atoms with Gasteiger partial charge in [0.05, 0.1) is 17.1 Å². The lowest BCUT2D eigenvalue weighted by Gasteiger charge is -2.08. The Bertz CT molecular complexity index is 2180. The summed E-state index contributed by atoms with van der Waals surface area (Å²) in [4.78, 5) is 26.9. The first-order valence-corrected chi connectivity index (χ1v) is 15.0. The van der Waals surface area contributed by atoms with Gasteiger partial charge in [0.1, 0.15) is 35.4 Å². The number of nitriles is 1. The van der Waals surface area contributed by atoms with Crippen molar-refractivity contribution in [2.45, 2.75) is 20.5 Å². The van der Waals surface area contributed by atoms with Crippen molar-refractivity contribution in [2.75, 3.05) is 5.32 Å². The fourth-order valence-corrected chi connectivity index (χ4v) is 5.21. The number of benzene rings is 4. The smallest absolute Gasteiger partial charge is 0.295 e. The second kappa shape index (κ2) is 13.3. The Labute approximate surface area is 272 Å². The zero-order chi connectivity index (χ0) is 32.9. The normalized spacial score (nSPS) is 11.2. The fraction of sp³-hybridized carbons (Fsp3) is 0.105. The van der Waals surface area contributed by atoms with E-state index in [2.05, 4.69) is 5.32 Å². The summed E-state index contributed by atoms with van der Waals surface area (Å²) < 4.78 is 10.9. The molecular formula is C38H32N6O3. The van der Waals surface area contributed by atoms with Crippen LogP contribution in [0.4, 0.5) is 5.69 Å². The maximum absolute atomic E-state index is 13.5. The molecule has 0 aliphatic carbocycles. The number of hydrogen-bond donors (Lipinski definition) is 1. The van der Waals surface area contributed by atoms with E-state index < -0.39 is 11.5 Å². The van der Waals surface area contributed by atoms with E-state index in [-0.39, 0.29) is 11.3 Å². The predicted molar refractivity (Wildman–Crippen MR) is 182 cm³/mol. The van der Waals surface area contributed by atoms with Crippen molar-refractivity contribution in [1.29, 1.82) is 5.26 Å². The van der Waals surface area contributed by atoms with Gasteiger partial charge >= 0.3 is 0 Å². The Morgan fingerprint density at radius 2 is 1.60 bits per heavy atom. The maximum atomic E-state index is 13.5. The number of hydrogen-bond acceptors (Lipinski definition) is 5. The SMILES string of the molecule is Cc1ccc(COc2cccc(-c3nn(-c4ccccc4)cc3C=C(C#N)C(=O)Nc3c(C)n(C)n(-c4ccccc4)c3=O)c2)cc1. The summed E-state index contributed by atoms with van der Waals surface area (Å²) in [5.74, 6) is -0.0492. The van der Waals surface area contributed by atoms with Crippen molar-refractivity contribution in [3.05, 3.63) is 154 Å². The first kappa shape index (κ1) is 30.6. The van der Waals surface area contributed by atoms with E-state index in [9.17, 15) is 14.9 Å². The average Bonchev–Trinajstić information content (AvgIpc) is 3.62. The zero-order valence-corrected chi connectivity index (χ0v) is 26.2. The van der Waals surface area contributed by atoms with Crippen LogP contribution < -0.4 is 15.6 Å². The molecule has 4 aromatic carbocycles. The molecule has 0 saturated carbocycles. The van der Waals surface area contributed by atoms with Gasteiger partial charge in [0, 0.05) is 24.4 Å². The van der Waals surface area contributed by atoms with Gasteiger partial charge in [-0.25, -0.2) is 9.36 Å². The molecule has 0 saturated heterocycles. The molecule has 2 heterocycles. The number of ether oxygens (including phenoxy) is 1. The van der Waals surface area contributed by atoms with Crippen LogP contribution >= 0.6 is 0 Å². The van der Waals surface area contributed by atoms with Gasteiger partial charge in [-0.05, 0) is 61.9 Å². The van der Waals surface area contributed by atoms with Gasteiger partial charge in [-0.1, -0.05) is 78.4 Å². The molecule has 0 atom stereocenters. The number of nitrogens with zero attached hydrogens (tertiary/aromatic N) is 5. The Morgan fingerprint density at radius 3 is 2.28 bits per heavy atom. The molecule has 0 aliphatic rings. The molecule has 0 unspecified atom stereocenters. The number of rotatable bonds is 9. The van der Waals surface area contributed by atoms with Crippen molar-refractivity contribution in [3.8, 4) is 34.5 Å². The lowest BCUT2D eigenvalue weighted by atomic mass is 10.1. The largest absolute Gasteiger partial charge is 0.489 e. The lowest BCUT2D eigenvalue weighted by Crippen LogP contribution is -2.23. The van der Waals surface area contributed by atoms with E-state index in [1.807, 2.05) is 122 Å². The van der Waals surface area contributed by atoms with Crippen LogP contribution in [0.25, 0.3) is 28.7 Å². The number of amides is 1. The third-order valence-electron chi connectivity index (χ3n) is 7.85. The average molecular weight is 621 g/mol. The van der Waals surface area contributed by atoms with Gasteiger partial charge in [-0.3, -0.25) is 14.3 Å². The summed E-state index contributed by atoms with van der Waals surface area (Å²) in [5, 5.41) is 17.7. The zero-order valence-electron chi connectivity index (χ0n) is 26.2. The molecule has 1 N–H and O–H groups in total. The van der Waals surface area contributed by atoms with Gasteiger partial charge in [0.25, 0.3) is 11.5 Å². The minimum Gasteiger partial charge on any atom is -0.489 e. The molecule has 232 valence electrons. The number of carbonyl (C=O) groups is 1. The summed E-state index contributed by atoms with van der Waals surface area (Å²) >= 11 is 0. The van der Waals surface area contributed by atoms with E-state index in [4.69, 9.17) is 9.84 Å². The van der Waals surface area contributed by atoms with Crippen LogP contribution in [0.15, 0.2) is 126 Å². The molecule has 0 bridgehead atoms. The van der Waals surface area contributed by atoms with Crippen molar-refractivity contribution in [1.82, 2.24) is 19.1 Å². The summed E-state index contributed by atoms with van der Waals surface area (Å²) in [7, 11) is 1.74. The first-order valence-electron chi connectivity index (χ1n) is 15.0. The van der Waals surface area contributed by atoms with Crippen molar-refractivity contribution >= 4 is 17.7 Å². The fourth-order valence-electron chi connectivity index (χ4n) is 5.21. The third kappa shape index (κ3) is 6.53. The van der Waals surface area contributed by atoms with Crippen molar-refractivity contribution in [3.63, 3.8) is 0 Å². The molecule has 9 nitrogen and oxygen atoms in total. The van der Waals surface area contributed by atoms with Crippen LogP contribution in [0, 0.1) is 25.2 Å². The quantitative estimate of drug-likeness (QED) is 0.142. The van der Waals surface area contributed by atoms with E-state index in [0.717, 1.165) is 16.8 Å². The second-order valence-electron chi connectivity index (χ2n) is 11.1. The molecule has 2 aromatic heterocycles. The van der Waals surface area contributed by atoms with Crippen LogP contribution in [0.2, 0.25) is 0 Å². The van der Waals surface area contributed by atoms with Gasteiger partial charge in [0.15, 0.2) is 0 Å². The molecule has 6 rings (SSSR count). The molecule has 0 aliphatic heterocycles. The van der Waals surface area contributed by atoms with Crippen LogP contribution in [-0.2, 0) is 18.4 Å². The monoisotopic (exact) mass is 620 g/mol. The summed E-state index contributed by atoms with van der Waals surface area (Å²) in [6.45, 7) is 4.18. The second-order valence-corrected chi connectivity index (χ2v) is 11.1. The van der Waals surface area contributed by atoms with Gasteiger partial charge in [-0.15, -0.1) is 0 Å². The number of para-hydroxylation sites is 2. The highest BCUT2D eigenvalue weighted by atomic mass is 16.5. The van der Waals surface area contributed by atoms with Crippen molar-refractivity contribution in [2.24, 2.45) is 7.05 Å². The highest BCUT2D eigenvalue weighted by molar-refractivity contribution is 6.10. The van der Waals surface area contributed by atoms with E-state index in [1.165, 1.54) is 16.3 Å². The number of aromatic nitrogens is 4. The highest BCUT2D eigenvalue weighted by Gasteiger charge is 2.21. The predicted octanol–water partition coefficient (Wildman–Crippen LogP) is 6.77. The Balaban J connectivity index is 1.34. The molecule has 47 heavy (non-hydrogen) atoms. The minimum absolute atomic E-state index is 0.0983. The van der Waals surface area contributed by atoms with Gasteiger partial charge < -0.3 is 10.1 Å². The molecule has 0 spiro atoms. The third-order valence-corrected chi connectivity index (χ3v) is 7.85. The van der Waals surface area contributed by atoms with E-state index in [1.54, 1.807) is 29.5 Å². The summed E-state index contributed by atoms with van der Waals surface area (Å²) in [6.07, 6.45) is 3.26. The number of nitrogens with one attached hydrogen (secondary N) is 1. The number of aryl methyl sites for hydroxylation is 1. The highest BCUT2D eigenvalue weighted by Crippen LogP contribution is 2.29. The topological polar surface area (TPSA) is 107 Å². The van der Waals surface area contributed by atoms with E-state index >= 15 is 0 Å². The Morgan fingerprint density at radius 1 is 0.915 bits per heavy atom. The molecule has 9 heteroatoms. The van der Waals surface area contributed by atoms with Crippen LogP contribution in [0.3, 0.4) is 0 Å². The Hall–Kier alpha value is -6.40. The molecule has 0 radical (unpaired) electrons.